The number of thioether (sulfide) groups is 1. The van der Waals surface area contributed by atoms with E-state index in [9.17, 15) is 4.39 Å². The molecule has 0 saturated carbocycles. The minimum absolute atomic E-state index is 0.0255. The molecule has 1 saturated heterocycles. The lowest BCUT2D eigenvalue weighted by Crippen LogP contribution is -2.45. The third kappa shape index (κ3) is 3.29. The van der Waals surface area contributed by atoms with Crippen LogP contribution in [0.1, 0.15) is 32.8 Å². The van der Waals surface area contributed by atoms with Gasteiger partial charge in [0.25, 0.3) is 0 Å². The van der Waals surface area contributed by atoms with Crippen LogP contribution < -0.4 is 10.6 Å². The topological polar surface area (TPSA) is 29.3 Å². The maximum absolute atomic E-state index is 14.2. The molecule has 3 atom stereocenters. The zero-order chi connectivity index (χ0) is 14.7. The fourth-order valence-corrected chi connectivity index (χ4v) is 3.80. The highest BCUT2D eigenvalue weighted by Crippen LogP contribution is 2.32. The molecule has 1 aromatic carbocycles. The molecule has 2 nitrogen and oxygen atoms in total. The Kier molecular flexibility index (Phi) is 5.33. The van der Waals surface area contributed by atoms with Gasteiger partial charge in [0.15, 0.2) is 0 Å². The Morgan fingerprint density at radius 3 is 2.90 bits per heavy atom. The molecule has 4 heteroatoms. The van der Waals surface area contributed by atoms with E-state index in [0.29, 0.717) is 17.7 Å². The van der Waals surface area contributed by atoms with Crippen LogP contribution in [0.2, 0.25) is 0 Å². The van der Waals surface area contributed by atoms with Crippen LogP contribution in [0.3, 0.4) is 0 Å². The molecule has 1 aliphatic rings. The number of hydrogen-bond acceptors (Lipinski definition) is 3. The zero-order valence-corrected chi connectivity index (χ0v) is 13.4. The van der Waals surface area contributed by atoms with E-state index in [0.717, 1.165) is 30.0 Å². The molecule has 1 fully saturated rings. The average Bonchev–Trinajstić information content (AvgIpc) is 2.44. The molecule has 0 spiro atoms. The number of benzene rings is 1. The average molecular weight is 296 g/mol. The summed E-state index contributed by atoms with van der Waals surface area (Å²) in [5.41, 5.74) is 7.87. The monoisotopic (exact) mass is 296 g/mol. The lowest BCUT2D eigenvalue weighted by Gasteiger charge is -2.40. The van der Waals surface area contributed by atoms with Crippen molar-refractivity contribution in [2.75, 3.05) is 17.2 Å². The van der Waals surface area contributed by atoms with E-state index >= 15 is 0 Å². The molecule has 3 unspecified atom stereocenters. The number of nitrogens with zero attached hydrogens (tertiary/aromatic N) is 1. The standard InChI is InChI=1S/C16H25FN2S/c1-4-13(18)10-14-15(17)6-5-7-16(14)19-8-9-20-12(3)11(19)2/h5-7,11-13H,4,8-10,18H2,1-3H3. The molecular formula is C16H25FN2S. The Hall–Kier alpha value is -0.740. The summed E-state index contributed by atoms with van der Waals surface area (Å²) in [6.07, 6.45) is 1.48. The van der Waals surface area contributed by atoms with Crippen molar-refractivity contribution in [1.82, 2.24) is 0 Å². The molecule has 20 heavy (non-hydrogen) atoms. The minimum Gasteiger partial charge on any atom is -0.367 e. The molecule has 2 N–H and O–H groups in total. The second-order valence-electron chi connectivity index (χ2n) is 5.62. The summed E-state index contributed by atoms with van der Waals surface area (Å²) in [4.78, 5) is 2.35. The molecule has 1 aliphatic heterocycles. The Morgan fingerprint density at radius 2 is 2.20 bits per heavy atom. The van der Waals surface area contributed by atoms with Gasteiger partial charge in [-0.2, -0.15) is 11.8 Å². The molecule has 1 aromatic rings. The number of anilines is 1. The first-order chi connectivity index (χ1) is 9.54. The van der Waals surface area contributed by atoms with Gasteiger partial charge in [-0.05, 0) is 31.9 Å². The van der Waals surface area contributed by atoms with E-state index in [1.165, 1.54) is 0 Å². The maximum Gasteiger partial charge on any atom is 0.128 e. The van der Waals surface area contributed by atoms with Gasteiger partial charge in [-0.3, -0.25) is 0 Å². The number of rotatable bonds is 4. The van der Waals surface area contributed by atoms with Gasteiger partial charge < -0.3 is 10.6 Å². The van der Waals surface area contributed by atoms with Crippen LogP contribution in [0.5, 0.6) is 0 Å². The van der Waals surface area contributed by atoms with Crippen LogP contribution in [-0.2, 0) is 6.42 Å². The van der Waals surface area contributed by atoms with Crippen molar-refractivity contribution in [1.29, 1.82) is 0 Å². The van der Waals surface area contributed by atoms with Gasteiger partial charge in [0, 0.05) is 40.9 Å². The van der Waals surface area contributed by atoms with Crippen molar-refractivity contribution < 1.29 is 4.39 Å². The third-order valence-corrected chi connectivity index (χ3v) is 5.62. The third-order valence-electron chi connectivity index (χ3n) is 4.28. The quantitative estimate of drug-likeness (QED) is 0.923. The molecule has 0 radical (unpaired) electrons. The fraction of sp³-hybridized carbons (Fsp3) is 0.625. The zero-order valence-electron chi connectivity index (χ0n) is 12.6. The van der Waals surface area contributed by atoms with Crippen molar-refractivity contribution >= 4 is 17.4 Å². The molecule has 0 aromatic heterocycles. The van der Waals surface area contributed by atoms with Gasteiger partial charge in [-0.15, -0.1) is 0 Å². The highest BCUT2D eigenvalue weighted by atomic mass is 32.2. The van der Waals surface area contributed by atoms with Crippen molar-refractivity contribution in [3.05, 3.63) is 29.6 Å². The van der Waals surface area contributed by atoms with E-state index in [2.05, 4.69) is 18.7 Å². The normalized spacial score (nSPS) is 24.8. The van der Waals surface area contributed by atoms with Crippen LogP contribution in [0, 0.1) is 5.82 Å². The van der Waals surface area contributed by atoms with Crippen molar-refractivity contribution in [2.45, 2.75) is 50.9 Å². The first kappa shape index (κ1) is 15.6. The maximum atomic E-state index is 14.2. The van der Waals surface area contributed by atoms with E-state index in [1.807, 2.05) is 30.8 Å². The molecule has 0 aliphatic carbocycles. The predicted molar refractivity (Wildman–Crippen MR) is 87.1 cm³/mol. The Morgan fingerprint density at radius 1 is 1.45 bits per heavy atom. The SMILES string of the molecule is CCC(N)Cc1c(F)cccc1N1CCSC(C)C1C. The van der Waals surface area contributed by atoms with Gasteiger partial charge in [0.1, 0.15) is 5.82 Å². The summed E-state index contributed by atoms with van der Waals surface area (Å²) < 4.78 is 14.2. The van der Waals surface area contributed by atoms with Crippen molar-refractivity contribution in [2.24, 2.45) is 5.73 Å². The summed E-state index contributed by atoms with van der Waals surface area (Å²) in [6, 6.07) is 5.85. The number of hydrogen-bond donors (Lipinski definition) is 1. The Bertz CT molecular complexity index is 452. The van der Waals surface area contributed by atoms with Gasteiger partial charge in [0.05, 0.1) is 0 Å². The van der Waals surface area contributed by atoms with Crippen molar-refractivity contribution in [3.63, 3.8) is 0 Å². The highest BCUT2D eigenvalue weighted by molar-refractivity contribution is 8.00. The molecule has 0 amide bonds. The van der Waals surface area contributed by atoms with Crippen LogP contribution >= 0.6 is 11.8 Å². The summed E-state index contributed by atoms with van der Waals surface area (Å²) in [5, 5.41) is 0.569. The first-order valence-electron chi connectivity index (χ1n) is 7.45. The van der Waals surface area contributed by atoms with Crippen LogP contribution in [0.4, 0.5) is 10.1 Å². The van der Waals surface area contributed by atoms with Crippen LogP contribution in [-0.4, -0.2) is 29.6 Å². The van der Waals surface area contributed by atoms with Gasteiger partial charge in [0.2, 0.25) is 0 Å². The summed E-state index contributed by atoms with van der Waals surface area (Å²) >= 11 is 1.99. The lowest BCUT2D eigenvalue weighted by atomic mass is 10.00. The second kappa shape index (κ2) is 6.81. The lowest BCUT2D eigenvalue weighted by molar-refractivity contribution is 0.568. The van der Waals surface area contributed by atoms with E-state index in [1.54, 1.807) is 6.07 Å². The van der Waals surface area contributed by atoms with Gasteiger partial charge in [-0.25, -0.2) is 4.39 Å². The molecule has 1 heterocycles. The smallest absolute Gasteiger partial charge is 0.128 e. The van der Waals surface area contributed by atoms with Crippen LogP contribution in [0.15, 0.2) is 18.2 Å². The molecule has 112 valence electrons. The second-order valence-corrected chi connectivity index (χ2v) is 7.11. The largest absolute Gasteiger partial charge is 0.367 e. The van der Waals surface area contributed by atoms with Crippen LogP contribution in [0.25, 0.3) is 0 Å². The fourth-order valence-electron chi connectivity index (χ4n) is 2.70. The number of nitrogens with two attached hydrogens (primary N) is 1. The predicted octanol–water partition coefficient (Wildman–Crippen LogP) is 3.44. The Labute approximate surface area is 125 Å². The minimum atomic E-state index is -0.121. The highest BCUT2D eigenvalue weighted by Gasteiger charge is 2.27. The van der Waals surface area contributed by atoms with Gasteiger partial charge in [-0.1, -0.05) is 19.9 Å². The van der Waals surface area contributed by atoms with E-state index < -0.39 is 0 Å². The summed E-state index contributed by atoms with van der Waals surface area (Å²) in [6.45, 7) is 7.50. The van der Waals surface area contributed by atoms with Crippen molar-refractivity contribution in [3.8, 4) is 0 Å². The number of halogens is 1. The molecule has 0 bridgehead atoms. The van der Waals surface area contributed by atoms with E-state index in [-0.39, 0.29) is 11.9 Å². The van der Waals surface area contributed by atoms with Gasteiger partial charge >= 0.3 is 0 Å². The molecular weight excluding hydrogens is 271 g/mol. The summed E-state index contributed by atoms with van der Waals surface area (Å²) in [7, 11) is 0. The van der Waals surface area contributed by atoms with E-state index in [4.69, 9.17) is 5.73 Å². The molecule has 2 rings (SSSR count). The Balaban J connectivity index is 2.32. The summed E-state index contributed by atoms with van der Waals surface area (Å²) in [5.74, 6) is 0.978. The first-order valence-corrected chi connectivity index (χ1v) is 8.50.